The van der Waals surface area contributed by atoms with Gasteiger partial charge in [0.15, 0.2) is 0 Å². The van der Waals surface area contributed by atoms with Crippen LogP contribution in [0.15, 0.2) is 24.4 Å². The molecule has 2 rings (SSSR count). The van der Waals surface area contributed by atoms with Gasteiger partial charge < -0.3 is 25.3 Å². The number of hydrogen-bond donors (Lipinski definition) is 3. The summed E-state index contributed by atoms with van der Waals surface area (Å²) in [4.78, 5) is 30.9. The molecular weight excluding hydrogens is 449 g/mol. The maximum atomic E-state index is 13.1. The number of ether oxygens (including phenoxy) is 1. The van der Waals surface area contributed by atoms with Crippen molar-refractivity contribution in [2.75, 3.05) is 39.5 Å². The number of nitrogens with one attached hydrogen (secondary N) is 2. The lowest BCUT2D eigenvalue weighted by Crippen LogP contribution is -2.26. The van der Waals surface area contributed by atoms with Crippen molar-refractivity contribution in [1.29, 1.82) is 0 Å². The molecule has 0 fully saturated rings. The predicted octanol–water partition coefficient (Wildman–Crippen LogP) is 2.32. The highest BCUT2D eigenvalue weighted by molar-refractivity contribution is 6.02. The molecule has 0 saturated heterocycles. The largest absolute Gasteiger partial charge is 0.492 e. The first-order chi connectivity index (χ1) is 15.7. The second-order valence-corrected chi connectivity index (χ2v) is 6.93. The third-order valence-electron chi connectivity index (χ3n) is 4.45. The van der Waals surface area contributed by atoms with Crippen LogP contribution in [0.2, 0.25) is 0 Å². The van der Waals surface area contributed by atoms with E-state index in [1.807, 2.05) is 0 Å². The van der Waals surface area contributed by atoms with Crippen LogP contribution in [-0.4, -0.2) is 60.5 Å². The molecule has 0 aliphatic rings. The van der Waals surface area contributed by atoms with Crippen LogP contribution in [0.5, 0.6) is 5.75 Å². The third kappa shape index (κ3) is 8.35. The van der Waals surface area contributed by atoms with Gasteiger partial charge in [0.1, 0.15) is 11.3 Å². The zero-order valence-corrected chi connectivity index (χ0v) is 17.7. The Kier molecular flexibility index (Phi) is 10.1. The Bertz CT molecular complexity index is 942. The Hall–Kier alpha value is -3.19. The van der Waals surface area contributed by atoms with Gasteiger partial charge in [0, 0.05) is 24.7 Å². The van der Waals surface area contributed by atoms with E-state index in [2.05, 4.69) is 20.5 Å². The minimum Gasteiger partial charge on any atom is -0.492 e. The normalized spacial score (nSPS) is 11.4. The second-order valence-electron chi connectivity index (χ2n) is 6.93. The second kappa shape index (κ2) is 12.7. The number of amides is 1. The summed E-state index contributed by atoms with van der Waals surface area (Å²) >= 11 is 0. The number of fused-ring (bicyclic) bond motifs is 1. The molecule has 1 heterocycles. The van der Waals surface area contributed by atoms with Crippen LogP contribution in [0.25, 0.3) is 10.9 Å². The first-order valence-corrected chi connectivity index (χ1v) is 10.2. The fraction of sp³-hybridized carbons (Fsp3) is 0.500. The van der Waals surface area contributed by atoms with Crippen molar-refractivity contribution < 1.29 is 37.7 Å². The van der Waals surface area contributed by atoms with Crippen molar-refractivity contribution in [3.05, 3.63) is 45.6 Å². The third-order valence-corrected chi connectivity index (χ3v) is 4.45. The van der Waals surface area contributed by atoms with Crippen LogP contribution >= 0.6 is 0 Å². The van der Waals surface area contributed by atoms with Crippen molar-refractivity contribution in [3.8, 4) is 5.75 Å². The van der Waals surface area contributed by atoms with Crippen LogP contribution in [-0.2, 0) is 11.0 Å². The monoisotopic (exact) mass is 474 g/mol. The van der Waals surface area contributed by atoms with E-state index in [0.29, 0.717) is 25.9 Å². The van der Waals surface area contributed by atoms with E-state index in [9.17, 15) is 28.1 Å². The molecule has 0 radical (unpaired) electrons. The first-order valence-electron chi connectivity index (χ1n) is 10.2. The number of carbonyl (C=O) groups is 1. The average molecular weight is 474 g/mol. The van der Waals surface area contributed by atoms with E-state index < -0.39 is 22.7 Å². The number of aromatic nitrogens is 1. The Morgan fingerprint density at radius 1 is 1.15 bits per heavy atom. The molecular formula is C20H25F3N4O6. The van der Waals surface area contributed by atoms with Crippen LogP contribution in [0.4, 0.5) is 13.2 Å². The summed E-state index contributed by atoms with van der Waals surface area (Å²) in [5.74, 6) is -0.482. The number of carbonyl (C=O) groups excluding carboxylic acids is 1. The van der Waals surface area contributed by atoms with Crippen LogP contribution < -0.4 is 15.4 Å². The predicted molar refractivity (Wildman–Crippen MR) is 111 cm³/mol. The minimum absolute atomic E-state index is 0.0248. The first kappa shape index (κ1) is 26.1. The van der Waals surface area contributed by atoms with Gasteiger partial charge in [-0.3, -0.25) is 9.78 Å². The highest BCUT2D eigenvalue weighted by atomic mass is 19.4. The smallest absolute Gasteiger partial charge is 0.416 e. The van der Waals surface area contributed by atoms with Gasteiger partial charge in [0.05, 0.1) is 24.3 Å². The van der Waals surface area contributed by atoms with Crippen LogP contribution in [0.3, 0.4) is 0 Å². The minimum atomic E-state index is -4.54. The van der Waals surface area contributed by atoms with Crippen LogP contribution in [0, 0.1) is 10.1 Å². The summed E-state index contributed by atoms with van der Waals surface area (Å²) in [7, 11) is 0. The molecule has 13 heteroatoms. The Balaban J connectivity index is 2.16. The van der Waals surface area contributed by atoms with E-state index >= 15 is 0 Å². The van der Waals surface area contributed by atoms with Gasteiger partial charge in [-0.05, 0) is 50.6 Å². The number of halogens is 3. The Morgan fingerprint density at radius 2 is 1.88 bits per heavy atom. The van der Waals surface area contributed by atoms with Crippen molar-refractivity contribution in [2.24, 2.45) is 0 Å². The van der Waals surface area contributed by atoms with E-state index in [1.54, 1.807) is 0 Å². The van der Waals surface area contributed by atoms with Gasteiger partial charge in [-0.1, -0.05) is 0 Å². The standard InChI is InChI=1S/C20H25F3N4O6/c21-20(22,23)14-4-5-15-17(12-14)26-13-16(19(29)25-8-3-11-33-27(30)31)18(15)32-10-2-7-24-6-1-9-28/h4-5,12-13,24,28H,1-3,6-11H2,(H,25,29). The van der Waals surface area contributed by atoms with Crippen LogP contribution in [0.1, 0.15) is 35.2 Å². The number of alkyl halides is 3. The van der Waals surface area contributed by atoms with Crippen molar-refractivity contribution in [3.63, 3.8) is 0 Å². The lowest BCUT2D eigenvalue weighted by atomic mass is 10.1. The number of aliphatic hydroxyl groups is 1. The van der Waals surface area contributed by atoms with Gasteiger partial charge in [-0.2, -0.15) is 13.2 Å². The molecule has 0 aliphatic carbocycles. The molecule has 3 N–H and O–H groups in total. The van der Waals surface area contributed by atoms with Gasteiger partial charge >= 0.3 is 6.18 Å². The van der Waals surface area contributed by atoms with Gasteiger partial charge in [-0.15, -0.1) is 10.1 Å². The number of nitrogens with zero attached hydrogens (tertiary/aromatic N) is 2. The zero-order chi connectivity index (χ0) is 24.3. The SMILES string of the molecule is O=C(NCCCO[N+](=O)[O-])c1cnc2cc(C(F)(F)F)ccc2c1OCCCNCCCO. The summed E-state index contributed by atoms with van der Waals surface area (Å²) in [6.07, 6.45) is -2.07. The topological polar surface area (TPSA) is 136 Å². The molecule has 10 nitrogen and oxygen atoms in total. The highest BCUT2D eigenvalue weighted by Gasteiger charge is 2.31. The summed E-state index contributed by atoms with van der Waals surface area (Å²) < 4.78 is 44.9. The fourth-order valence-electron chi connectivity index (χ4n) is 2.87. The molecule has 0 saturated carbocycles. The Labute approximate surface area is 187 Å². The van der Waals surface area contributed by atoms with E-state index in [4.69, 9.17) is 9.84 Å². The summed E-state index contributed by atoms with van der Waals surface area (Å²) in [6.45, 7) is 1.34. The number of pyridine rings is 1. The molecule has 0 unspecified atom stereocenters. The molecule has 0 atom stereocenters. The summed E-state index contributed by atoms with van der Waals surface area (Å²) in [6, 6.07) is 2.99. The number of rotatable bonds is 14. The van der Waals surface area contributed by atoms with Gasteiger partial charge in [0.25, 0.3) is 11.0 Å². The molecule has 182 valence electrons. The van der Waals surface area contributed by atoms with E-state index in [0.717, 1.165) is 18.3 Å². The van der Waals surface area contributed by atoms with E-state index in [1.165, 1.54) is 6.07 Å². The molecule has 33 heavy (non-hydrogen) atoms. The maximum absolute atomic E-state index is 13.1. The molecule has 0 bridgehead atoms. The van der Waals surface area contributed by atoms with Gasteiger partial charge in [0.2, 0.25) is 0 Å². The molecule has 1 amide bonds. The highest BCUT2D eigenvalue weighted by Crippen LogP contribution is 2.34. The molecule has 2 aromatic rings. The van der Waals surface area contributed by atoms with E-state index in [-0.39, 0.29) is 55.0 Å². The lowest BCUT2D eigenvalue weighted by Gasteiger charge is -2.15. The summed E-state index contributed by atoms with van der Waals surface area (Å²) in [5, 5.41) is 23.9. The fourth-order valence-corrected chi connectivity index (χ4v) is 2.87. The molecule has 0 spiro atoms. The number of benzene rings is 1. The zero-order valence-electron chi connectivity index (χ0n) is 17.7. The lowest BCUT2D eigenvalue weighted by molar-refractivity contribution is -0.757. The number of hydrogen-bond acceptors (Lipinski definition) is 8. The number of aliphatic hydroxyl groups excluding tert-OH is 1. The molecule has 1 aromatic heterocycles. The summed E-state index contributed by atoms with van der Waals surface area (Å²) in [5.41, 5.74) is -0.813. The quantitative estimate of drug-likeness (QED) is 0.216. The molecule has 0 aliphatic heterocycles. The maximum Gasteiger partial charge on any atom is 0.416 e. The molecule has 1 aromatic carbocycles. The van der Waals surface area contributed by atoms with Crippen molar-refractivity contribution in [2.45, 2.75) is 25.4 Å². The van der Waals surface area contributed by atoms with Crippen molar-refractivity contribution >= 4 is 16.8 Å². The van der Waals surface area contributed by atoms with Gasteiger partial charge in [-0.25, -0.2) is 0 Å². The Morgan fingerprint density at radius 3 is 2.58 bits per heavy atom. The average Bonchev–Trinajstić information content (AvgIpc) is 2.76. The van der Waals surface area contributed by atoms with Crippen molar-refractivity contribution in [1.82, 2.24) is 15.6 Å².